The molecule has 0 spiro atoms. The Morgan fingerprint density at radius 3 is 2.70 bits per heavy atom. The minimum Gasteiger partial charge on any atom is -0.392 e. The number of nitrogens with one attached hydrogen (secondary N) is 1. The zero-order valence-corrected chi connectivity index (χ0v) is 13.7. The molecule has 2 N–H and O–H groups in total. The van der Waals surface area contributed by atoms with E-state index in [1.165, 1.54) is 15.8 Å². The number of aryl methyl sites for hydroxylation is 1. The summed E-state index contributed by atoms with van der Waals surface area (Å²) in [6, 6.07) is 5.40. The van der Waals surface area contributed by atoms with Gasteiger partial charge in [-0.1, -0.05) is 0 Å². The van der Waals surface area contributed by atoms with Crippen LogP contribution in [0.25, 0.3) is 0 Å². The van der Waals surface area contributed by atoms with Crippen LogP contribution in [-0.4, -0.2) is 19.6 Å². The summed E-state index contributed by atoms with van der Waals surface area (Å²) in [5, 5.41) is 10.6. The van der Waals surface area contributed by atoms with Crippen molar-refractivity contribution < 1.29 is 13.5 Å². The van der Waals surface area contributed by atoms with Gasteiger partial charge in [-0.15, -0.1) is 22.7 Å². The number of aliphatic hydroxyl groups is 1. The predicted octanol–water partition coefficient (Wildman–Crippen LogP) is 2.52. The molecular weight excluding hydrogens is 314 g/mol. The van der Waals surface area contributed by atoms with E-state index in [1.807, 2.05) is 26.0 Å². The fourth-order valence-corrected chi connectivity index (χ4v) is 5.32. The lowest BCUT2D eigenvalue weighted by molar-refractivity contribution is 0.282. The number of hydrogen-bond donors (Lipinski definition) is 2. The molecule has 0 radical (unpaired) electrons. The van der Waals surface area contributed by atoms with E-state index in [0.29, 0.717) is 12.0 Å². The van der Waals surface area contributed by atoms with Crippen LogP contribution in [0.15, 0.2) is 27.8 Å². The van der Waals surface area contributed by atoms with E-state index < -0.39 is 10.0 Å². The molecule has 0 aliphatic carbocycles. The maximum atomic E-state index is 12.2. The molecule has 2 aromatic rings. The Morgan fingerprint density at radius 2 is 2.15 bits per heavy atom. The highest BCUT2D eigenvalue weighted by molar-refractivity contribution is 7.91. The van der Waals surface area contributed by atoms with Crippen molar-refractivity contribution in [1.82, 2.24) is 4.72 Å². The minimum atomic E-state index is -3.50. The maximum Gasteiger partial charge on any atom is 0.250 e. The molecule has 0 saturated carbocycles. The molecule has 0 aliphatic heterocycles. The summed E-state index contributed by atoms with van der Waals surface area (Å²) in [5.41, 5.74) is 0.622. The molecule has 110 valence electrons. The van der Waals surface area contributed by atoms with Crippen LogP contribution in [0.1, 0.15) is 22.2 Å². The number of aliphatic hydroxyl groups excluding tert-OH is 1. The van der Waals surface area contributed by atoms with E-state index >= 15 is 0 Å². The van der Waals surface area contributed by atoms with Gasteiger partial charge in [0.25, 0.3) is 0 Å². The third-order valence-corrected chi connectivity index (χ3v) is 6.84. The van der Waals surface area contributed by atoms with Gasteiger partial charge in [0.05, 0.1) is 6.61 Å². The molecule has 20 heavy (non-hydrogen) atoms. The van der Waals surface area contributed by atoms with E-state index in [2.05, 4.69) is 4.72 Å². The monoisotopic (exact) mass is 331 g/mol. The second-order valence-electron chi connectivity index (χ2n) is 4.67. The van der Waals surface area contributed by atoms with E-state index in [-0.39, 0.29) is 16.9 Å². The van der Waals surface area contributed by atoms with Gasteiger partial charge in [-0.05, 0) is 49.4 Å². The Kier molecular flexibility index (Phi) is 4.98. The first-order valence-electron chi connectivity index (χ1n) is 6.16. The van der Waals surface area contributed by atoms with Crippen LogP contribution < -0.4 is 4.72 Å². The van der Waals surface area contributed by atoms with Crippen molar-refractivity contribution in [2.24, 2.45) is 0 Å². The van der Waals surface area contributed by atoms with E-state index in [0.717, 1.165) is 11.3 Å². The van der Waals surface area contributed by atoms with Crippen molar-refractivity contribution in [2.45, 2.75) is 37.1 Å². The van der Waals surface area contributed by atoms with Crippen molar-refractivity contribution >= 4 is 32.7 Å². The second kappa shape index (κ2) is 6.36. The van der Waals surface area contributed by atoms with Crippen molar-refractivity contribution in [1.29, 1.82) is 0 Å². The van der Waals surface area contributed by atoms with Crippen LogP contribution in [-0.2, 0) is 23.1 Å². The summed E-state index contributed by atoms with van der Waals surface area (Å²) >= 11 is 2.81. The van der Waals surface area contributed by atoms with Gasteiger partial charge in [-0.2, -0.15) is 0 Å². The molecular formula is C13H17NO3S3. The lowest BCUT2D eigenvalue weighted by Crippen LogP contribution is -2.33. The van der Waals surface area contributed by atoms with Crippen molar-refractivity contribution in [3.05, 3.63) is 38.9 Å². The van der Waals surface area contributed by atoms with Crippen LogP contribution in [0.5, 0.6) is 0 Å². The highest BCUT2D eigenvalue weighted by atomic mass is 32.2. The molecule has 0 aliphatic rings. The zero-order chi connectivity index (χ0) is 14.8. The Balaban J connectivity index is 2.04. The van der Waals surface area contributed by atoms with Crippen LogP contribution in [0.2, 0.25) is 0 Å². The van der Waals surface area contributed by atoms with E-state index in [4.69, 9.17) is 5.11 Å². The summed E-state index contributed by atoms with van der Waals surface area (Å²) in [6.45, 7) is 3.74. The highest BCUT2D eigenvalue weighted by Gasteiger charge is 2.19. The first kappa shape index (κ1) is 15.7. The lowest BCUT2D eigenvalue weighted by Gasteiger charge is -2.12. The summed E-state index contributed by atoms with van der Waals surface area (Å²) in [4.78, 5) is 2.39. The average molecular weight is 331 g/mol. The number of thiophene rings is 2. The topological polar surface area (TPSA) is 66.4 Å². The molecule has 0 saturated heterocycles. The molecule has 7 heteroatoms. The summed E-state index contributed by atoms with van der Waals surface area (Å²) in [5.74, 6) is 0. The van der Waals surface area contributed by atoms with Gasteiger partial charge in [0, 0.05) is 15.8 Å². The molecule has 4 nitrogen and oxygen atoms in total. The Hall–Kier alpha value is -0.730. The molecule has 1 atom stereocenters. The average Bonchev–Trinajstić information content (AvgIpc) is 2.97. The number of rotatable bonds is 6. The molecule has 1 unspecified atom stereocenters. The minimum absolute atomic E-state index is 0.143. The standard InChI is InChI=1S/C13H17NO3S3/c1-9(5-12-4-3-10(2)19-12)14-20(16,17)13-6-11(7-15)8-18-13/h3-4,6,8-9,14-15H,5,7H2,1-2H3. The van der Waals surface area contributed by atoms with Gasteiger partial charge >= 0.3 is 0 Å². The smallest absolute Gasteiger partial charge is 0.250 e. The van der Waals surface area contributed by atoms with Crippen molar-refractivity contribution in [3.63, 3.8) is 0 Å². The highest BCUT2D eigenvalue weighted by Crippen LogP contribution is 2.21. The maximum absolute atomic E-state index is 12.2. The summed E-state index contributed by atoms with van der Waals surface area (Å²) < 4.78 is 27.3. The third kappa shape index (κ3) is 3.89. The van der Waals surface area contributed by atoms with Crippen LogP contribution in [0.4, 0.5) is 0 Å². The lowest BCUT2D eigenvalue weighted by atomic mass is 10.2. The van der Waals surface area contributed by atoms with Gasteiger partial charge in [0.2, 0.25) is 10.0 Å². The fraction of sp³-hybridized carbons (Fsp3) is 0.385. The van der Waals surface area contributed by atoms with Gasteiger partial charge in [-0.25, -0.2) is 13.1 Å². The summed E-state index contributed by atoms with van der Waals surface area (Å²) in [7, 11) is -3.50. The zero-order valence-electron chi connectivity index (χ0n) is 11.3. The molecule has 0 fully saturated rings. The quantitative estimate of drug-likeness (QED) is 0.855. The summed E-state index contributed by atoms with van der Waals surface area (Å²) in [6.07, 6.45) is 0.677. The second-order valence-corrected chi connectivity index (χ2v) is 8.90. The molecule has 2 aromatic heterocycles. The van der Waals surface area contributed by atoms with Gasteiger partial charge in [-0.3, -0.25) is 0 Å². The molecule has 2 rings (SSSR count). The molecule has 2 heterocycles. The first-order valence-corrected chi connectivity index (χ1v) is 9.34. The van der Waals surface area contributed by atoms with Crippen LogP contribution >= 0.6 is 22.7 Å². The normalized spacial score (nSPS) is 13.6. The van der Waals surface area contributed by atoms with Gasteiger partial charge < -0.3 is 5.11 Å². The number of sulfonamides is 1. The largest absolute Gasteiger partial charge is 0.392 e. The molecule has 0 amide bonds. The Labute approximate surface area is 127 Å². The van der Waals surface area contributed by atoms with Gasteiger partial charge in [0.1, 0.15) is 4.21 Å². The van der Waals surface area contributed by atoms with E-state index in [1.54, 1.807) is 16.7 Å². The van der Waals surface area contributed by atoms with E-state index in [9.17, 15) is 8.42 Å². The molecule has 0 bridgehead atoms. The Bertz CT molecular complexity index is 673. The molecule has 0 aromatic carbocycles. The van der Waals surface area contributed by atoms with Crippen molar-refractivity contribution in [2.75, 3.05) is 0 Å². The number of hydrogen-bond acceptors (Lipinski definition) is 5. The van der Waals surface area contributed by atoms with Crippen molar-refractivity contribution in [3.8, 4) is 0 Å². The van der Waals surface area contributed by atoms with Crippen LogP contribution in [0, 0.1) is 6.92 Å². The predicted molar refractivity (Wildman–Crippen MR) is 82.8 cm³/mol. The first-order chi connectivity index (χ1) is 9.40. The SMILES string of the molecule is Cc1ccc(CC(C)NS(=O)(=O)c2cc(CO)cs2)s1. The Morgan fingerprint density at radius 1 is 1.40 bits per heavy atom. The third-order valence-electron chi connectivity index (χ3n) is 2.74. The van der Waals surface area contributed by atoms with Gasteiger partial charge in [0.15, 0.2) is 0 Å². The van der Waals surface area contributed by atoms with Crippen LogP contribution in [0.3, 0.4) is 0 Å². The fourth-order valence-electron chi connectivity index (χ4n) is 1.84.